The summed E-state index contributed by atoms with van der Waals surface area (Å²) in [6, 6.07) is 5.90. The van der Waals surface area contributed by atoms with E-state index in [-0.39, 0.29) is 16.6 Å². The standard InChI is InChI=1S/C14H17FN2O2S2/c1-9-6-12(15)13(16)8-14(9)21(18,19)17-10(2)7-11-4-3-5-20-11/h3-6,8,10,17H,7,16H2,1-2H3. The van der Waals surface area contributed by atoms with E-state index in [1.165, 1.54) is 0 Å². The maximum absolute atomic E-state index is 13.3. The molecular weight excluding hydrogens is 311 g/mol. The Morgan fingerprint density at radius 1 is 1.43 bits per heavy atom. The largest absolute Gasteiger partial charge is 0.396 e. The highest BCUT2D eigenvalue weighted by atomic mass is 32.2. The average Bonchev–Trinajstić information content (AvgIpc) is 2.85. The third kappa shape index (κ3) is 3.81. The van der Waals surface area contributed by atoms with Gasteiger partial charge in [-0.15, -0.1) is 11.3 Å². The van der Waals surface area contributed by atoms with Crippen LogP contribution < -0.4 is 10.5 Å². The van der Waals surface area contributed by atoms with Crippen molar-refractivity contribution >= 4 is 27.0 Å². The molecule has 0 radical (unpaired) electrons. The zero-order valence-electron chi connectivity index (χ0n) is 11.8. The second-order valence-corrected chi connectivity index (χ2v) is 7.66. The lowest BCUT2D eigenvalue weighted by Crippen LogP contribution is -2.34. The van der Waals surface area contributed by atoms with Gasteiger partial charge in [-0.2, -0.15) is 0 Å². The molecule has 0 amide bonds. The van der Waals surface area contributed by atoms with Crippen LogP contribution in [0.15, 0.2) is 34.5 Å². The molecular formula is C14H17FN2O2S2. The smallest absolute Gasteiger partial charge is 0.241 e. The lowest BCUT2D eigenvalue weighted by atomic mass is 10.2. The van der Waals surface area contributed by atoms with Gasteiger partial charge in [-0.3, -0.25) is 0 Å². The second kappa shape index (κ2) is 6.13. The molecule has 0 bridgehead atoms. The van der Waals surface area contributed by atoms with Gasteiger partial charge in [0.05, 0.1) is 10.6 Å². The van der Waals surface area contributed by atoms with Gasteiger partial charge in [0.25, 0.3) is 0 Å². The molecule has 0 aliphatic heterocycles. The van der Waals surface area contributed by atoms with Crippen molar-refractivity contribution in [3.05, 3.63) is 45.9 Å². The van der Waals surface area contributed by atoms with Gasteiger partial charge in [-0.05, 0) is 49.4 Å². The average molecular weight is 328 g/mol. The minimum atomic E-state index is -3.72. The molecule has 7 heteroatoms. The predicted molar refractivity (Wildman–Crippen MR) is 83.4 cm³/mol. The number of sulfonamides is 1. The Morgan fingerprint density at radius 2 is 2.14 bits per heavy atom. The number of aryl methyl sites for hydroxylation is 1. The first-order chi connectivity index (χ1) is 9.79. The molecule has 0 aliphatic rings. The van der Waals surface area contributed by atoms with Gasteiger partial charge in [-0.1, -0.05) is 6.07 Å². The summed E-state index contributed by atoms with van der Waals surface area (Å²) >= 11 is 1.58. The van der Waals surface area contributed by atoms with Gasteiger partial charge in [-0.25, -0.2) is 17.5 Å². The fourth-order valence-electron chi connectivity index (χ4n) is 2.06. The number of halogens is 1. The number of hydrogen-bond donors (Lipinski definition) is 2. The first-order valence-corrected chi connectivity index (χ1v) is 8.76. The summed E-state index contributed by atoms with van der Waals surface area (Å²) in [7, 11) is -3.72. The monoisotopic (exact) mass is 328 g/mol. The Labute approximate surface area is 127 Å². The van der Waals surface area contributed by atoms with Gasteiger partial charge in [0.2, 0.25) is 10.0 Å². The van der Waals surface area contributed by atoms with E-state index in [1.54, 1.807) is 25.2 Å². The molecule has 1 aromatic heterocycles. The number of anilines is 1. The maximum atomic E-state index is 13.3. The molecule has 0 saturated carbocycles. The summed E-state index contributed by atoms with van der Waals surface area (Å²) in [6.07, 6.45) is 0.604. The summed E-state index contributed by atoms with van der Waals surface area (Å²) in [4.78, 5) is 1.11. The lowest BCUT2D eigenvalue weighted by molar-refractivity contribution is 0.559. The molecule has 3 N–H and O–H groups in total. The molecule has 1 heterocycles. The van der Waals surface area contributed by atoms with Crippen molar-refractivity contribution in [1.29, 1.82) is 0 Å². The zero-order valence-corrected chi connectivity index (χ0v) is 13.4. The second-order valence-electron chi connectivity index (χ2n) is 4.95. The number of hydrogen-bond acceptors (Lipinski definition) is 4. The zero-order chi connectivity index (χ0) is 15.6. The summed E-state index contributed by atoms with van der Waals surface area (Å²) in [5.74, 6) is -0.613. The Balaban J connectivity index is 2.20. The number of rotatable bonds is 5. The van der Waals surface area contributed by atoms with Crippen LogP contribution in [-0.4, -0.2) is 14.5 Å². The Bertz CT molecular complexity index is 728. The van der Waals surface area contributed by atoms with E-state index in [2.05, 4.69) is 4.72 Å². The lowest BCUT2D eigenvalue weighted by Gasteiger charge is -2.15. The van der Waals surface area contributed by atoms with E-state index in [1.807, 2.05) is 17.5 Å². The van der Waals surface area contributed by atoms with Crippen LogP contribution in [0.2, 0.25) is 0 Å². The fraction of sp³-hybridized carbons (Fsp3) is 0.286. The summed E-state index contributed by atoms with van der Waals surface area (Å²) in [5, 5.41) is 1.95. The molecule has 0 spiro atoms. The minimum Gasteiger partial charge on any atom is -0.396 e. The highest BCUT2D eigenvalue weighted by Crippen LogP contribution is 2.22. The fourth-order valence-corrected chi connectivity index (χ4v) is 4.40. The summed E-state index contributed by atoms with van der Waals surface area (Å²) < 4.78 is 40.7. The van der Waals surface area contributed by atoms with Crippen LogP contribution in [0.3, 0.4) is 0 Å². The van der Waals surface area contributed by atoms with E-state index < -0.39 is 15.8 Å². The number of nitrogens with one attached hydrogen (secondary N) is 1. The molecule has 1 aromatic carbocycles. The highest BCUT2D eigenvalue weighted by Gasteiger charge is 2.21. The SMILES string of the molecule is Cc1cc(F)c(N)cc1S(=O)(=O)NC(C)Cc1cccs1. The molecule has 2 rings (SSSR count). The van der Waals surface area contributed by atoms with E-state index in [0.717, 1.165) is 17.0 Å². The van der Waals surface area contributed by atoms with Gasteiger partial charge in [0.15, 0.2) is 0 Å². The molecule has 0 saturated heterocycles. The van der Waals surface area contributed by atoms with Crippen molar-refractivity contribution in [3.8, 4) is 0 Å². The third-order valence-electron chi connectivity index (χ3n) is 3.03. The van der Waals surface area contributed by atoms with E-state index >= 15 is 0 Å². The van der Waals surface area contributed by atoms with Gasteiger partial charge < -0.3 is 5.73 Å². The van der Waals surface area contributed by atoms with E-state index in [0.29, 0.717) is 12.0 Å². The van der Waals surface area contributed by atoms with Crippen molar-refractivity contribution in [3.63, 3.8) is 0 Å². The first-order valence-electron chi connectivity index (χ1n) is 6.40. The van der Waals surface area contributed by atoms with Crippen LogP contribution >= 0.6 is 11.3 Å². The van der Waals surface area contributed by atoms with Gasteiger partial charge in [0.1, 0.15) is 5.82 Å². The molecule has 21 heavy (non-hydrogen) atoms. The summed E-state index contributed by atoms with van der Waals surface area (Å²) in [6.45, 7) is 3.33. The first kappa shape index (κ1) is 15.9. The molecule has 1 atom stereocenters. The maximum Gasteiger partial charge on any atom is 0.241 e. The normalized spacial score (nSPS) is 13.3. The molecule has 1 unspecified atom stereocenters. The molecule has 4 nitrogen and oxygen atoms in total. The van der Waals surface area contributed by atoms with Crippen LogP contribution in [0.5, 0.6) is 0 Å². The summed E-state index contributed by atoms with van der Waals surface area (Å²) in [5.41, 5.74) is 5.62. The molecule has 0 aliphatic carbocycles. The minimum absolute atomic E-state index is 0.0134. The Morgan fingerprint density at radius 3 is 2.76 bits per heavy atom. The van der Waals surface area contributed by atoms with Crippen molar-refractivity contribution in [2.24, 2.45) is 0 Å². The molecule has 2 aromatic rings. The third-order valence-corrected chi connectivity index (χ3v) is 5.66. The number of benzene rings is 1. The van der Waals surface area contributed by atoms with Crippen molar-refractivity contribution in [2.45, 2.75) is 31.2 Å². The predicted octanol–water partition coefficient (Wildman–Crippen LogP) is 2.69. The topological polar surface area (TPSA) is 72.2 Å². The quantitative estimate of drug-likeness (QED) is 0.829. The molecule has 114 valence electrons. The Kier molecular flexibility index (Phi) is 4.65. The van der Waals surface area contributed by atoms with Crippen LogP contribution in [0.1, 0.15) is 17.4 Å². The number of nitrogens with two attached hydrogens (primary N) is 1. The highest BCUT2D eigenvalue weighted by molar-refractivity contribution is 7.89. The van der Waals surface area contributed by atoms with Crippen molar-refractivity contribution in [1.82, 2.24) is 4.72 Å². The Hall–Kier alpha value is -1.44. The van der Waals surface area contributed by atoms with Crippen LogP contribution in [-0.2, 0) is 16.4 Å². The van der Waals surface area contributed by atoms with Gasteiger partial charge in [0, 0.05) is 10.9 Å². The number of nitrogen functional groups attached to an aromatic ring is 1. The van der Waals surface area contributed by atoms with Crippen LogP contribution in [0, 0.1) is 12.7 Å². The van der Waals surface area contributed by atoms with Crippen molar-refractivity contribution in [2.75, 3.05) is 5.73 Å². The van der Waals surface area contributed by atoms with Crippen LogP contribution in [0.4, 0.5) is 10.1 Å². The van der Waals surface area contributed by atoms with E-state index in [9.17, 15) is 12.8 Å². The van der Waals surface area contributed by atoms with Crippen LogP contribution in [0.25, 0.3) is 0 Å². The van der Waals surface area contributed by atoms with Gasteiger partial charge >= 0.3 is 0 Å². The molecule has 0 fully saturated rings. The van der Waals surface area contributed by atoms with Crippen molar-refractivity contribution < 1.29 is 12.8 Å². The van der Waals surface area contributed by atoms with E-state index in [4.69, 9.17) is 5.73 Å². The number of thiophene rings is 1.